The van der Waals surface area contributed by atoms with E-state index in [1.165, 1.54) is 0 Å². The van der Waals surface area contributed by atoms with Gasteiger partial charge in [0, 0.05) is 10.0 Å². The molecule has 4 nitrogen and oxygen atoms in total. The molecule has 2 rings (SSSR count). The van der Waals surface area contributed by atoms with Crippen molar-refractivity contribution in [3.8, 4) is 5.75 Å². The van der Waals surface area contributed by atoms with Crippen LogP contribution in [0.5, 0.6) is 5.75 Å². The van der Waals surface area contributed by atoms with Gasteiger partial charge < -0.3 is 14.9 Å². The van der Waals surface area contributed by atoms with Gasteiger partial charge in [-0.25, -0.2) is 4.79 Å². The minimum atomic E-state index is -0.964. The van der Waals surface area contributed by atoms with Crippen molar-refractivity contribution in [2.45, 2.75) is 12.8 Å². The summed E-state index contributed by atoms with van der Waals surface area (Å²) in [5.74, 6) is -0.471. The molecule has 1 aliphatic rings. The number of aromatic carboxylic acids is 1. The Morgan fingerprint density at radius 2 is 2.38 bits per heavy atom. The number of anilines is 1. The zero-order chi connectivity index (χ0) is 11.7. The number of hydrogen-bond donors (Lipinski definition) is 2. The van der Waals surface area contributed by atoms with Gasteiger partial charge in [-0.05, 0) is 44.2 Å². The van der Waals surface area contributed by atoms with Gasteiger partial charge in [-0.3, -0.25) is 0 Å². The van der Waals surface area contributed by atoms with E-state index >= 15 is 0 Å². The number of carboxylic acids is 1. The summed E-state index contributed by atoms with van der Waals surface area (Å²) in [7, 11) is 2.42. The topological polar surface area (TPSA) is 58.6 Å². The summed E-state index contributed by atoms with van der Waals surface area (Å²) >= 11 is 3.36. The van der Waals surface area contributed by atoms with Crippen LogP contribution in [0.3, 0.4) is 0 Å². The number of hydrogen-bond acceptors (Lipinski definition) is 3. The van der Waals surface area contributed by atoms with Crippen LogP contribution in [0, 0.1) is 0 Å². The normalized spacial score (nSPS) is 13.9. The van der Waals surface area contributed by atoms with Crippen LogP contribution in [0.2, 0.25) is 0 Å². The number of carbonyl (C=O) groups is 1. The number of halogens is 1. The molecule has 1 heterocycles. The smallest absolute Gasteiger partial charge is 0.339 e. The standard InChI is InChI=1S/C10H11BrNO3P/c11-7-4-6(10(13)14)9-5(8(7)12-16)2-1-3-15-9/h4,12H,1-3,16H2,(H,13,14). The fraction of sp³-hybridized carbons (Fsp3) is 0.300. The van der Waals surface area contributed by atoms with Crippen LogP contribution < -0.4 is 9.82 Å². The zero-order valence-electron chi connectivity index (χ0n) is 8.42. The summed E-state index contributed by atoms with van der Waals surface area (Å²) in [5.41, 5.74) is 2.02. The van der Waals surface area contributed by atoms with Crippen molar-refractivity contribution in [2.24, 2.45) is 0 Å². The summed E-state index contributed by atoms with van der Waals surface area (Å²) in [4.78, 5) is 11.1. The van der Waals surface area contributed by atoms with Gasteiger partial charge in [0.25, 0.3) is 0 Å². The first-order valence-electron chi connectivity index (χ1n) is 4.83. The Labute approximate surface area is 104 Å². The molecule has 0 spiro atoms. The molecule has 0 fully saturated rings. The minimum Gasteiger partial charge on any atom is -0.492 e. The van der Waals surface area contributed by atoms with Crippen LogP contribution >= 0.6 is 25.3 Å². The van der Waals surface area contributed by atoms with E-state index < -0.39 is 5.97 Å². The Bertz CT molecular complexity index is 450. The summed E-state index contributed by atoms with van der Waals surface area (Å²) in [5, 5.41) is 12.1. The molecule has 86 valence electrons. The monoisotopic (exact) mass is 303 g/mol. The van der Waals surface area contributed by atoms with Crippen molar-refractivity contribution in [3.63, 3.8) is 0 Å². The van der Waals surface area contributed by atoms with E-state index in [-0.39, 0.29) is 5.56 Å². The lowest BCUT2D eigenvalue weighted by atomic mass is 10.0. The van der Waals surface area contributed by atoms with E-state index in [4.69, 9.17) is 9.84 Å². The Kier molecular flexibility index (Phi) is 3.36. The summed E-state index contributed by atoms with van der Waals surface area (Å²) in [6.07, 6.45) is 1.73. The SMILES string of the molecule is O=C(O)c1cc(Br)c(NP)c2c1OCCC2. The molecule has 16 heavy (non-hydrogen) atoms. The first-order chi connectivity index (χ1) is 7.65. The van der Waals surface area contributed by atoms with Crippen molar-refractivity contribution < 1.29 is 14.6 Å². The quantitative estimate of drug-likeness (QED) is 0.825. The highest BCUT2D eigenvalue weighted by molar-refractivity contribution is 9.10. The largest absolute Gasteiger partial charge is 0.492 e. The molecule has 0 bridgehead atoms. The highest BCUT2D eigenvalue weighted by Gasteiger charge is 2.23. The second-order valence-corrected chi connectivity index (χ2v) is 4.63. The Hall–Kier alpha value is -0.800. The van der Waals surface area contributed by atoms with Crippen molar-refractivity contribution in [1.82, 2.24) is 0 Å². The Morgan fingerprint density at radius 3 is 3.00 bits per heavy atom. The third-order valence-electron chi connectivity index (χ3n) is 2.52. The van der Waals surface area contributed by atoms with E-state index in [2.05, 4.69) is 30.4 Å². The molecular weight excluding hydrogens is 293 g/mol. The molecule has 6 heteroatoms. The van der Waals surface area contributed by atoms with Crippen molar-refractivity contribution >= 4 is 37.0 Å². The van der Waals surface area contributed by atoms with Gasteiger partial charge >= 0.3 is 5.97 Å². The van der Waals surface area contributed by atoms with Crippen LogP contribution in [0.4, 0.5) is 5.69 Å². The predicted octanol–water partition coefficient (Wildman–Crippen LogP) is 2.67. The second kappa shape index (κ2) is 4.60. The fourth-order valence-corrected chi connectivity index (χ4v) is 2.95. The molecule has 0 saturated carbocycles. The number of ether oxygens (including phenoxy) is 1. The first kappa shape index (κ1) is 11.7. The molecule has 1 aliphatic heterocycles. The molecule has 0 amide bonds. The molecule has 1 aromatic carbocycles. The van der Waals surface area contributed by atoms with E-state index in [1.807, 2.05) is 0 Å². The molecule has 0 radical (unpaired) electrons. The van der Waals surface area contributed by atoms with Gasteiger partial charge in [-0.1, -0.05) is 0 Å². The average molecular weight is 304 g/mol. The zero-order valence-corrected chi connectivity index (χ0v) is 11.2. The third kappa shape index (κ3) is 1.89. The lowest BCUT2D eigenvalue weighted by molar-refractivity contribution is 0.0691. The maximum absolute atomic E-state index is 11.1. The molecule has 1 unspecified atom stereocenters. The number of benzene rings is 1. The van der Waals surface area contributed by atoms with Crippen LogP contribution in [-0.2, 0) is 6.42 Å². The van der Waals surface area contributed by atoms with Gasteiger partial charge in [0.2, 0.25) is 0 Å². The van der Waals surface area contributed by atoms with Gasteiger partial charge in [-0.15, -0.1) is 0 Å². The molecule has 1 atom stereocenters. The van der Waals surface area contributed by atoms with Gasteiger partial charge in [0.05, 0.1) is 12.3 Å². The van der Waals surface area contributed by atoms with Crippen molar-refractivity contribution in [1.29, 1.82) is 0 Å². The van der Waals surface area contributed by atoms with Crippen LogP contribution in [0.15, 0.2) is 10.5 Å². The predicted molar refractivity (Wildman–Crippen MR) is 68.3 cm³/mol. The Balaban J connectivity index is 2.67. The maximum atomic E-state index is 11.1. The van der Waals surface area contributed by atoms with Gasteiger partial charge in [0.1, 0.15) is 11.3 Å². The number of fused-ring (bicyclic) bond motifs is 1. The lowest BCUT2D eigenvalue weighted by Gasteiger charge is -2.22. The minimum absolute atomic E-state index is 0.213. The molecule has 0 aliphatic carbocycles. The Morgan fingerprint density at radius 1 is 1.62 bits per heavy atom. The van der Waals surface area contributed by atoms with Crippen molar-refractivity contribution in [2.75, 3.05) is 11.7 Å². The number of rotatable bonds is 2. The number of carboxylic acid groups (broad SMARTS) is 1. The first-order valence-corrected chi connectivity index (χ1v) is 6.20. The average Bonchev–Trinajstić information content (AvgIpc) is 2.28. The fourth-order valence-electron chi connectivity index (χ4n) is 1.83. The molecule has 0 saturated heterocycles. The molecule has 0 aromatic heterocycles. The maximum Gasteiger partial charge on any atom is 0.339 e. The highest BCUT2D eigenvalue weighted by atomic mass is 79.9. The molecule has 1 aromatic rings. The van der Waals surface area contributed by atoms with Crippen LogP contribution in [0.1, 0.15) is 22.3 Å². The van der Waals surface area contributed by atoms with E-state index in [0.717, 1.165) is 28.6 Å². The highest BCUT2D eigenvalue weighted by Crippen LogP contribution is 2.40. The summed E-state index contributed by atoms with van der Waals surface area (Å²) in [6, 6.07) is 1.57. The van der Waals surface area contributed by atoms with Crippen molar-refractivity contribution in [3.05, 3.63) is 21.7 Å². The van der Waals surface area contributed by atoms with Gasteiger partial charge in [-0.2, -0.15) is 0 Å². The van der Waals surface area contributed by atoms with E-state index in [1.54, 1.807) is 6.07 Å². The van der Waals surface area contributed by atoms with E-state index in [9.17, 15) is 4.79 Å². The lowest BCUT2D eigenvalue weighted by Crippen LogP contribution is -2.14. The second-order valence-electron chi connectivity index (χ2n) is 3.49. The summed E-state index contributed by atoms with van der Waals surface area (Å²) in [6.45, 7) is 0.575. The van der Waals surface area contributed by atoms with Gasteiger partial charge in [0.15, 0.2) is 0 Å². The van der Waals surface area contributed by atoms with Crippen LogP contribution in [0.25, 0.3) is 0 Å². The van der Waals surface area contributed by atoms with Crippen LogP contribution in [-0.4, -0.2) is 17.7 Å². The summed E-state index contributed by atoms with van der Waals surface area (Å²) < 4.78 is 6.20. The third-order valence-corrected chi connectivity index (χ3v) is 3.44. The number of nitrogens with one attached hydrogen (secondary N) is 1. The molecule has 2 N–H and O–H groups in total. The van der Waals surface area contributed by atoms with E-state index in [0.29, 0.717) is 12.4 Å². The molecular formula is C10H11BrNO3P.